The number of halogens is 1. The molecule has 1 atom stereocenters. The SMILES string of the molecule is COc1cccc(SC(CCc2ccc(Cl)cc2)Cn2ccnc2)c1OC. The predicted octanol–water partition coefficient (Wildman–Crippen LogP) is 5.35. The minimum absolute atomic E-state index is 0.357. The zero-order valence-corrected chi connectivity index (χ0v) is 17.0. The van der Waals surface area contributed by atoms with Crippen LogP contribution in [0.5, 0.6) is 11.5 Å². The molecule has 1 aromatic heterocycles. The van der Waals surface area contributed by atoms with Crippen molar-refractivity contribution in [3.05, 3.63) is 71.8 Å². The summed E-state index contributed by atoms with van der Waals surface area (Å²) in [6.07, 6.45) is 7.67. The predicted molar refractivity (Wildman–Crippen MR) is 111 cm³/mol. The number of methoxy groups -OCH3 is 2. The zero-order chi connectivity index (χ0) is 19.1. The summed E-state index contributed by atoms with van der Waals surface area (Å²) in [6.45, 7) is 0.874. The fourth-order valence-corrected chi connectivity index (χ4v) is 4.34. The lowest BCUT2D eigenvalue weighted by molar-refractivity contribution is 0.348. The number of hydrogen-bond donors (Lipinski definition) is 0. The molecule has 1 unspecified atom stereocenters. The first-order valence-corrected chi connectivity index (χ1v) is 10.0. The first-order chi connectivity index (χ1) is 13.2. The quantitative estimate of drug-likeness (QED) is 0.452. The van der Waals surface area contributed by atoms with E-state index in [1.807, 2.05) is 54.7 Å². The van der Waals surface area contributed by atoms with Crippen LogP contribution in [-0.4, -0.2) is 29.0 Å². The second kappa shape index (κ2) is 9.72. The molecule has 2 aromatic carbocycles. The highest BCUT2D eigenvalue weighted by Crippen LogP contribution is 2.40. The third-order valence-electron chi connectivity index (χ3n) is 4.30. The van der Waals surface area contributed by atoms with Crippen LogP contribution in [0.25, 0.3) is 0 Å². The summed E-state index contributed by atoms with van der Waals surface area (Å²) in [4.78, 5) is 5.25. The Balaban J connectivity index is 1.76. The van der Waals surface area contributed by atoms with Gasteiger partial charge in [-0.2, -0.15) is 0 Å². The van der Waals surface area contributed by atoms with Gasteiger partial charge >= 0.3 is 0 Å². The van der Waals surface area contributed by atoms with E-state index < -0.39 is 0 Å². The highest BCUT2D eigenvalue weighted by atomic mass is 35.5. The zero-order valence-electron chi connectivity index (χ0n) is 15.5. The van der Waals surface area contributed by atoms with Crippen molar-refractivity contribution in [2.45, 2.75) is 29.5 Å². The molecule has 0 aliphatic carbocycles. The molecule has 0 amide bonds. The monoisotopic (exact) mass is 402 g/mol. The van der Waals surface area contributed by atoms with Crippen LogP contribution >= 0.6 is 23.4 Å². The van der Waals surface area contributed by atoms with E-state index in [4.69, 9.17) is 21.1 Å². The Labute approximate surface area is 169 Å². The third kappa shape index (κ3) is 5.44. The van der Waals surface area contributed by atoms with Crippen molar-refractivity contribution in [3.63, 3.8) is 0 Å². The summed E-state index contributed by atoms with van der Waals surface area (Å²) in [5.74, 6) is 1.54. The van der Waals surface area contributed by atoms with Gasteiger partial charge in [0, 0.05) is 29.2 Å². The fourth-order valence-electron chi connectivity index (χ4n) is 2.93. The van der Waals surface area contributed by atoms with E-state index in [1.165, 1.54) is 5.56 Å². The van der Waals surface area contributed by atoms with Crippen LogP contribution in [0.1, 0.15) is 12.0 Å². The normalized spacial score (nSPS) is 12.0. The molecule has 0 N–H and O–H groups in total. The maximum atomic E-state index is 6.00. The van der Waals surface area contributed by atoms with Crippen molar-refractivity contribution >= 4 is 23.4 Å². The lowest BCUT2D eigenvalue weighted by Crippen LogP contribution is -2.13. The lowest BCUT2D eigenvalue weighted by atomic mass is 10.1. The van der Waals surface area contributed by atoms with Crippen molar-refractivity contribution in [2.24, 2.45) is 0 Å². The highest BCUT2D eigenvalue weighted by Gasteiger charge is 2.17. The summed E-state index contributed by atoms with van der Waals surface area (Å²) in [5.41, 5.74) is 1.29. The van der Waals surface area contributed by atoms with Crippen LogP contribution in [-0.2, 0) is 13.0 Å². The molecule has 0 spiro atoms. The van der Waals surface area contributed by atoms with Gasteiger partial charge < -0.3 is 14.0 Å². The van der Waals surface area contributed by atoms with E-state index in [1.54, 1.807) is 14.2 Å². The molecule has 1 heterocycles. The Bertz CT molecular complexity index is 838. The van der Waals surface area contributed by atoms with E-state index in [-0.39, 0.29) is 0 Å². The molecular formula is C21H23ClN2O2S. The smallest absolute Gasteiger partial charge is 0.174 e. The number of para-hydroxylation sites is 1. The van der Waals surface area contributed by atoms with Gasteiger partial charge in [-0.25, -0.2) is 4.98 Å². The molecule has 0 saturated carbocycles. The Morgan fingerprint density at radius 2 is 1.93 bits per heavy atom. The lowest BCUT2D eigenvalue weighted by Gasteiger charge is -2.19. The van der Waals surface area contributed by atoms with E-state index >= 15 is 0 Å². The van der Waals surface area contributed by atoms with Gasteiger partial charge in [0.05, 0.1) is 25.4 Å². The summed E-state index contributed by atoms with van der Waals surface area (Å²) >= 11 is 7.81. The van der Waals surface area contributed by atoms with Crippen LogP contribution in [0.4, 0.5) is 0 Å². The Kier molecular flexibility index (Phi) is 7.07. The average Bonchev–Trinajstić information content (AvgIpc) is 3.20. The number of benzene rings is 2. The average molecular weight is 403 g/mol. The molecule has 0 fully saturated rings. The maximum Gasteiger partial charge on any atom is 0.174 e. The molecule has 0 saturated heterocycles. The van der Waals surface area contributed by atoms with Crippen molar-refractivity contribution in [1.82, 2.24) is 9.55 Å². The van der Waals surface area contributed by atoms with Crippen molar-refractivity contribution in [2.75, 3.05) is 14.2 Å². The minimum atomic E-state index is 0.357. The van der Waals surface area contributed by atoms with Gasteiger partial charge in [0.1, 0.15) is 0 Å². The molecular weight excluding hydrogens is 380 g/mol. The first kappa shape index (κ1) is 19.6. The molecule has 0 aliphatic rings. The van der Waals surface area contributed by atoms with Crippen molar-refractivity contribution in [3.8, 4) is 11.5 Å². The van der Waals surface area contributed by atoms with Crippen LogP contribution in [0.2, 0.25) is 5.02 Å². The molecule has 6 heteroatoms. The number of thioether (sulfide) groups is 1. The number of aromatic nitrogens is 2. The molecule has 4 nitrogen and oxygen atoms in total. The van der Waals surface area contributed by atoms with Gasteiger partial charge in [-0.05, 0) is 42.7 Å². The topological polar surface area (TPSA) is 36.3 Å². The third-order valence-corrected chi connectivity index (χ3v) is 5.85. The first-order valence-electron chi connectivity index (χ1n) is 8.77. The summed E-state index contributed by atoms with van der Waals surface area (Å²) in [6, 6.07) is 14.1. The summed E-state index contributed by atoms with van der Waals surface area (Å²) in [7, 11) is 3.34. The fraction of sp³-hybridized carbons (Fsp3) is 0.286. The van der Waals surface area contributed by atoms with Crippen LogP contribution in [0.3, 0.4) is 0 Å². The summed E-state index contributed by atoms with van der Waals surface area (Å²) < 4.78 is 13.2. The number of imidazole rings is 1. The van der Waals surface area contributed by atoms with Crippen LogP contribution in [0.15, 0.2) is 66.1 Å². The van der Waals surface area contributed by atoms with E-state index in [0.29, 0.717) is 5.25 Å². The molecule has 27 heavy (non-hydrogen) atoms. The van der Waals surface area contributed by atoms with E-state index in [2.05, 4.69) is 27.8 Å². The van der Waals surface area contributed by atoms with Gasteiger partial charge in [-0.3, -0.25) is 0 Å². The van der Waals surface area contributed by atoms with Crippen LogP contribution in [0, 0.1) is 0 Å². The van der Waals surface area contributed by atoms with Gasteiger partial charge in [0.2, 0.25) is 0 Å². The number of aryl methyl sites for hydroxylation is 1. The van der Waals surface area contributed by atoms with E-state index in [9.17, 15) is 0 Å². The van der Waals surface area contributed by atoms with E-state index in [0.717, 1.165) is 40.8 Å². The molecule has 0 aliphatic heterocycles. The van der Waals surface area contributed by atoms with Crippen LogP contribution < -0.4 is 9.47 Å². The largest absolute Gasteiger partial charge is 0.493 e. The standard InChI is InChI=1S/C21H23ClN2O2S/c1-25-19-4-3-5-20(21(19)26-2)27-18(14-24-13-12-23-15-24)11-8-16-6-9-17(22)10-7-16/h3-7,9-10,12-13,15,18H,8,11,14H2,1-2H3. The maximum absolute atomic E-state index is 6.00. The molecule has 3 rings (SSSR count). The second-order valence-electron chi connectivity index (χ2n) is 6.16. The second-order valence-corrected chi connectivity index (χ2v) is 7.93. The van der Waals surface area contributed by atoms with Crippen molar-refractivity contribution in [1.29, 1.82) is 0 Å². The molecule has 0 radical (unpaired) electrons. The molecule has 142 valence electrons. The number of ether oxygens (including phenoxy) is 2. The minimum Gasteiger partial charge on any atom is -0.493 e. The van der Waals surface area contributed by atoms with Gasteiger partial charge in [-0.1, -0.05) is 29.8 Å². The number of hydrogen-bond acceptors (Lipinski definition) is 4. The highest BCUT2D eigenvalue weighted by molar-refractivity contribution is 8.00. The van der Waals surface area contributed by atoms with Crippen molar-refractivity contribution < 1.29 is 9.47 Å². The number of nitrogens with zero attached hydrogens (tertiary/aromatic N) is 2. The van der Waals surface area contributed by atoms with Gasteiger partial charge in [0.15, 0.2) is 11.5 Å². The van der Waals surface area contributed by atoms with Gasteiger partial charge in [-0.15, -0.1) is 11.8 Å². The Morgan fingerprint density at radius 3 is 2.59 bits per heavy atom. The Hall–Kier alpha value is -2.11. The number of rotatable bonds is 9. The molecule has 0 bridgehead atoms. The van der Waals surface area contributed by atoms with Gasteiger partial charge in [0.25, 0.3) is 0 Å². The summed E-state index contributed by atoms with van der Waals surface area (Å²) in [5, 5.41) is 1.13. The molecule has 3 aromatic rings. The Morgan fingerprint density at radius 1 is 1.11 bits per heavy atom.